The van der Waals surface area contributed by atoms with Crippen molar-refractivity contribution in [3.8, 4) is 11.3 Å². The number of rotatable bonds is 7. The van der Waals surface area contributed by atoms with Crippen molar-refractivity contribution < 1.29 is 9.90 Å². The molecule has 2 heterocycles. The normalized spacial score (nSPS) is 20.6. The van der Waals surface area contributed by atoms with Crippen LogP contribution in [-0.4, -0.2) is 44.2 Å². The summed E-state index contributed by atoms with van der Waals surface area (Å²) in [7, 11) is 0. The Morgan fingerprint density at radius 3 is 2.44 bits per heavy atom. The highest BCUT2D eigenvalue weighted by Crippen LogP contribution is 2.36. The van der Waals surface area contributed by atoms with Crippen molar-refractivity contribution in [3.63, 3.8) is 0 Å². The summed E-state index contributed by atoms with van der Waals surface area (Å²) in [5, 5.41) is 11.6. The average Bonchev–Trinajstić information content (AvgIpc) is 2.86. The number of nitrogens with zero attached hydrogens (tertiary/aromatic N) is 3. The highest BCUT2D eigenvalue weighted by molar-refractivity contribution is 5.78. The number of likely N-dealkylation sites (tertiary alicyclic amines) is 1. The number of carbonyl (C=O) groups is 1. The maximum atomic E-state index is 13.1. The molecule has 2 fully saturated rings. The predicted molar refractivity (Wildman–Crippen MR) is 134 cm³/mol. The Labute approximate surface area is 203 Å². The number of hydrogen-bond acceptors (Lipinski definition) is 4. The van der Waals surface area contributed by atoms with Gasteiger partial charge in [-0.1, -0.05) is 76.3 Å². The Morgan fingerprint density at radius 2 is 1.82 bits per heavy atom. The minimum atomic E-state index is -1.03. The molecule has 1 aromatic heterocycles. The number of aromatic nitrogens is 2. The van der Waals surface area contributed by atoms with E-state index in [1.54, 1.807) is 17.0 Å². The molecule has 0 bridgehead atoms. The van der Waals surface area contributed by atoms with Crippen LogP contribution in [0.15, 0.2) is 47.5 Å². The molecule has 184 valence electrons. The predicted octanol–water partition coefficient (Wildman–Crippen LogP) is 4.82. The number of aliphatic hydroxyl groups is 1. The van der Waals surface area contributed by atoms with Gasteiger partial charge in [-0.15, -0.1) is 0 Å². The van der Waals surface area contributed by atoms with Crippen molar-refractivity contribution in [2.24, 2.45) is 11.8 Å². The minimum absolute atomic E-state index is 0.0358. The van der Waals surface area contributed by atoms with E-state index in [1.807, 2.05) is 42.2 Å². The monoisotopic (exact) mass is 465 g/mol. The zero-order valence-corrected chi connectivity index (χ0v) is 20.7. The first-order valence-electron chi connectivity index (χ1n) is 13.1. The number of carbonyl (C=O) groups excluding carboxylic acids is 1. The zero-order valence-electron chi connectivity index (χ0n) is 20.7. The van der Waals surface area contributed by atoms with E-state index >= 15 is 0 Å². The molecule has 1 amide bonds. The molecule has 2 atom stereocenters. The first kappa shape index (κ1) is 24.6. The van der Waals surface area contributed by atoms with Crippen LogP contribution in [0.2, 0.25) is 0 Å². The van der Waals surface area contributed by atoms with Gasteiger partial charge < -0.3 is 10.0 Å². The fraction of sp³-hybridized carbons (Fsp3) is 0.607. The molecule has 0 spiro atoms. The molecular formula is C28H39N3O3. The van der Waals surface area contributed by atoms with Crippen LogP contribution in [0, 0.1) is 11.8 Å². The van der Waals surface area contributed by atoms with Crippen LogP contribution in [-0.2, 0) is 4.79 Å². The minimum Gasteiger partial charge on any atom is -0.388 e. The topological polar surface area (TPSA) is 75.4 Å². The van der Waals surface area contributed by atoms with Crippen LogP contribution in [0.3, 0.4) is 0 Å². The molecule has 34 heavy (non-hydrogen) atoms. The summed E-state index contributed by atoms with van der Waals surface area (Å²) < 4.78 is 1.58. The van der Waals surface area contributed by atoms with Crippen LogP contribution in [0.1, 0.15) is 77.7 Å². The van der Waals surface area contributed by atoms with Gasteiger partial charge in [-0.2, -0.15) is 0 Å². The van der Waals surface area contributed by atoms with E-state index in [0.717, 1.165) is 12.0 Å². The molecule has 6 heteroatoms. The van der Waals surface area contributed by atoms with Gasteiger partial charge in [-0.25, -0.2) is 4.98 Å². The SMILES string of the molecule is CCC(n1cnc(-c2ccccc2)cc1=O)C1(O)CCN(C(=O)[C@H](C)CC2CCCCC2)CC1. The van der Waals surface area contributed by atoms with Gasteiger partial charge in [0, 0.05) is 30.6 Å². The highest BCUT2D eigenvalue weighted by atomic mass is 16.3. The number of amides is 1. The Morgan fingerprint density at radius 1 is 1.15 bits per heavy atom. The fourth-order valence-electron chi connectivity index (χ4n) is 6.03. The van der Waals surface area contributed by atoms with Gasteiger partial charge in [-0.05, 0) is 31.6 Å². The van der Waals surface area contributed by atoms with Crippen LogP contribution >= 0.6 is 0 Å². The van der Waals surface area contributed by atoms with E-state index in [9.17, 15) is 14.7 Å². The summed E-state index contributed by atoms with van der Waals surface area (Å²) in [6.45, 7) is 5.12. The molecule has 1 saturated heterocycles. The molecule has 1 saturated carbocycles. The molecule has 1 N–H and O–H groups in total. The van der Waals surface area contributed by atoms with E-state index in [1.165, 1.54) is 32.1 Å². The fourth-order valence-corrected chi connectivity index (χ4v) is 6.03. The maximum Gasteiger partial charge on any atom is 0.254 e. The molecular weight excluding hydrogens is 426 g/mol. The Kier molecular flexibility index (Phi) is 7.87. The van der Waals surface area contributed by atoms with Crippen LogP contribution < -0.4 is 5.56 Å². The Hall–Kier alpha value is -2.47. The molecule has 2 aliphatic rings. The van der Waals surface area contributed by atoms with Crippen LogP contribution in [0.25, 0.3) is 11.3 Å². The third-order valence-electron chi connectivity index (χ3n) is 8.02. The van der Waals surface area contributed by atoms with E-state index in [4.69, 9.17) is 0 Å². The van der Waals surface area contributed by atoms with Crippen molar-refractivity contribution in [3.05, 3.63) is 53.1 Å². The van der Waals surface area contributed by atoms with Crippen molar-refractivity contribution in [2.45, 2.75) is 83.3 Å². The second kappa shape index (κ2) is 10.9. The Bertz CT molecular complexity index is 1010. The van der Waals surface area contributed by atoms with Gasteiger partial charge in [0.15, 0.2) is 0 Å². The first-order chi connectivity index (χ1) is 16.4. The summed E-state index contributed by atoms with van der Waals surface area (Å²) in [6.07, 6.45) is 10.5. The second-order valence-corrected chi connectivity index (χ2v) is 10.4. The van der Waals surface area contributed by atoms with Crippen LogP contribution in [0.5, 0.6) is 0 Å². The molecule has 1 unspecified atom stereocenters. The zero-order chi connectivity index (χ0) is 24.1. The van der Waals surface area contributed by atoms with E-state index in [0.29, 0.717) is 44.0 Å². The summed E-state index contributed by atoms with van der Waals surface area (Å²) in [6, 6.07) is 10.8. The smallest absolute Gasteiger partial charge is 0.254 e. The molecule has 1 aromatic carbocycles. The van der Waals surface area contributed by atoms with Crippen molar-refractivity contribution in [2.75, 3.05) is 13.1 Å². The van der Waals surface area contributed by atoms with E-state index < -0.39 is 5.60 Å². The lowest BCUT2D eigenvalue weighted by Gasteiger charge is -2.43. The molecule has 4 rings (SSSR count). The van der Waals surface area contributed by atoms with Gasteiger partial charge >= 0.3 is 0 Å². The highest BCUT2D eigenvalue weighted by Gasteiger charge is 2.42. The van der Waals surface area contributed by atoms with Gasteiger partial charge in [0.2, 0.25) is 5.91 Å². The molecule has 1 aliphatic carbocycles. The van der Waals surface area contributed by atoms with Gasteiger partial charge in [0.05, 0.1) is 23.7 Å². The molecule has 0 radical (unpaired) electrons. The quantitative estimate of drug-likeness (QED) is 0.636. The molecule has 2 aromatic rings. The lowest BCUT2D eigenvalue weighted by molar-refractivity contribution is -0.141. The third-order valence-corrected chi connectivity index (χ3v) is 8.02. The molecule has 1 aliphatic heterocycles. The van der Waals surface area contributed by atoms with Gasteiger partial charge in [0.25, 0.3) is 5.56 Å². The summed E-state index contributed by atoms with van der Waals surface area (Å²) in [5.74, 6) is 0.928. The Balaban J connectivity index is 1.41. The third kappa shape index (κ3) is 5.43. The van der Waals surface area contributed by atoms with Crippen molar-refractivity contribution in [1.82, 2.24) is 14.5 Å². The van der Waals surface area contributed by atoms with Gasteiger partial charge in [-0.3, -0.25) is 14.2 Å². The average molecular weight is 466 g/mol. The standard InChI is InChI=1S/C28H39N3O3/c1-3-25(31-20-29-24(19-26(31)32)23-12-8-5-9-13-23)28(34)14-16-30(17-15-28)27(33)21(2)18-22-10-6-4-7-11-22/h5,8-9,12-13,19-22,25,34H,3-4,6-7,10-11,14-18H2,1-2H3/t21-,25?/m1/s1. The van der Waals surface area contributed by atoms with Crippen molar-refractivity contribution in [1.29, 1.82) is 0 Å². The van der Waals surface area contributed by atoms with Gasteiger partial charge in [0.1, 0.15) is 0 Å². The van der Waals surface area contributed by atoms with E-state index in [2.05, 4.69) is 11.9 Å². The number of hydrogen-bond donors (Lipinski definition) is 1. The largest absolute Gasteiger partial charge is 0.388 e. The second-order valence-electron chi connectivity index (χ2n) is 10.4. The summed E-state index contributed by atoms with van der Waals surface area (Å²) >= 11 is 0. The molecule has 6 nitrogen and oxygen atoms in total. The lowest BCUT2D eigenvalue weighted by Crippen LogP contribution is -2.53. The first-order valence-corrected chi connectivity index (χ1v) is 13.1. The summed E-state index contributed by atoms with van der Waals surface area (Å²) in [5.41, 5.74) is 0.343. The maximum absolute atomic E-state index is 13.1. The number of benzene rings is 1. The number of piperidine rings is 1. The van der Waals surface area contributed by atoms with E-state index in [-0.39, 0.29) is 23.4 Å². The van der Waals surface area contributed by atoms with Crippen LogP contribution in [0.4, 0.5) is 0 Å². The van der Waals surface area contributed by atoms with Crippen molar-refractivity contribution >= 4 is 5.91 Å². The lowest BCUT2D eigenvalue weighted by atomic mass is 9.81. The summed E-state index contributed by atoms with van der Waals surface area (Å²) in [4.78, 5) is 32.5.